The lowest BCUT2D eigenvalue weighted by molar-refractivity contribution is 0.182. The van der Waals surface area contributed by atoms with Gasteiger partial charge in [-0.3, -0.25) is 4.68 Å². The minimum atomic E-state index is 0.166. The van der Waals surface area contributed by atoms with Crippen molar-refractivity contribution in [1.82, 2.24) is 9.78 Å². The number of methoxy groups -OCH3 is 1. The summed E-state index contributed by atoms with van der Waals surface area (Å²) in [7, 11) is 1.72. The normalized spacial score (nSPS) is 12.1. The molecule has 0 amide bonds. The Kier molecular flexibility index (Phi) is 3.55. The number of aromatic nitrogens is 2. The number of hydrogen-bond donors (Lipinski definition) is 0. The molecule has 0 aliphatic heterocycles. The van der Waals surface area contributed by atoms with E-state index in [2.05, 4.69) is 39.7 Å². The van der Waals surface area contributed by atoms with Crippen molar-refractivity contribution >= 4 is 0 Å². The number of rotatable bonds is 3. The average Bonchev–Trinajstić information content (AvgIpc) is 2.36. The summed E-state index contributed by atoms with van der Waals surface area (Å²) in [4.78, 5) is 0. The van der Waals surface area contributed by atoms with E-state index in [1.807, 2.05) is 4.68 Å². The SMILES string of the molecule is COCCn1nc(C)c(C(C)(C)C)c1C. The predicted molar refractivity (Wildman–Crippen MR) is 62.3 cm³/mol. The first-order chi connectivity index (χ1) is 6.88. The van der Waals surface area contributed by atoms with Crippen LogP contribution in [0.5, 0.6) is 0 Å². The lowest BCUT2D eigenvalue weighted by atomic mass is 9.85. The number of hydrogen-bond acceptors (Lipinski definition) is 2. The topological polar surface area (TPSA) is 27.1 Å². The van der Waals surface area contributed by atoms with Gasteiger partial charge in [0.05, 0.1) is 18.8 Å². The van der Waals surface area contributed by atoms with Crippen LogP contribution in [0.2, 0.25) is 0 Å². The summed E-state index contributed by atoms with van der Waals surface area (Å²) < 4.78 is 7.12. The highest BCUT2D eigenvalue weighted by molar-refractivity contribution is 5.31. The van der Waals surface area contributed by atoms with E-state index in [9.17, 15) is 0 Å². The summed E-state index contributed by atoms with van der Waals surface area (Å²) in [5, 5.41) is 4.55. The van der Waals surface area contributed by atoms with Crippen LogP contribution < -0.4 is 0 Å². The van der Waals surface area contributed by atoms with Crippen molar-refractivity contribution in [2.24, 2.45) is 0 Å². The third kappa shape index (κ3) is 2.59. The van der Waals surface area contributed by atoms with E-state index in [1.54, 1.807) is 7.11 Å². The van der Waals surface area contributed by atoms with Crippen LogP contribution in [-0.2, 0) is 16.7 Å². The van der Waals surface area contributed by atoms with Crippen molar-refractivity contribution in [3.05, 3.63) is 17.0 Å². The van der Waals surface area contributed by atoms with Gasteiger partial charge >= 0.3 is 0 Å². The second kappa shape index (κ2) is 4.35. The standard InChI is InChI=1S/C12H22N2O/c1-9-11(12(3,4)5)10(2)14(13-9)7-8-15-6/h7-8H2,1-6H3. The maximum absolute atomic E-state index is 5.07. The Balaban J connectivity index is 3.04. The van der Waals surface area contributed by atoms with Crippen LogP contribution in [-0.4, -0.2) is 23.5 Å². The Bertz CT molecular complexity index is 334. The van der Waals surface area contributed by atoms with Crippen molar-refractivity contribution in [3.8, 4) is 0 Å². The third-order valence-corrected chi connectivity index (χ3v) is 2.64. The summed E-state index contributed by atoms with van der Waals surface area (Å²) in [6, 6.07) is 0. The maximum Gasteiger partial charge on any atom is 0.0658 e. The van der Waals surface area contributed by atoms with E-state index in [-0.39, 0.29) is 5.41 Å². The zero-order valence-electron chi connectivity index (χ0n) is 10.7. The van der Waals surface area contributed by atoms with Gasteiger partial charge in [0.15, 0.2) is 0 Å². The van der Waals surface area contributed by atoms with Crippen LogP contribution in [0.4, 0.5) is 0 Å². The molecule has 0 N–H and O–H groups in total. The average molecular weight is 210 g/mol. The Morgan fingerprint density at radius 1 is 1.27 bits per heavy atom. The zero-order valence-corrected chi connectivity index (χ0v) is 10.7. The Hall–Kier alpha value is -0.830. The summed E-state index contributed by atoms with van der Waals surface area (Å²) >= 11 is 0. The van der Waals surface area contributed by atoms with Gasteiger partial charge in [0.2, 0.25) is 0 Å². The molecule has 3 heteroatoms. The summed E-state index contributed by atoms with van der Waals surface area (Å²) in [6.45, 7) is 12.4. The molecule has 1 heterocycles. The van der Waals surface area contributed by atoms with Crippen LogP contribution in [0.1, 0.15) is 37.7 Å². The van der Waals surface area contributed by atoms with Gasteiger partial charge in [-0.25, -0.2) is 0 Å². The first kappa shape index (κ1) is 12.2. The number of ether oxygens (including phenoxy) is 1. The summed E-state index contributed by atoms with van der Waals surface area (Å²) in [6.07, 6.45) is 0. The molecule has 0 atom stereocenters. The number of aryl methyl sites for hydroxylation is 1. The summed E-state index contributed by atoms with van der Waals surface area (Å²) in [5.74, 6) is 0. The Morgan fingerprint density at radius 3 is 2.27 bits per heavy atom. The predicted octanol–water partition coefficient (Wildman–Crippen LogP) is 2.44. The molecule has 0 saturated carbocycles. The molecule has 86 valence electrons. The quantitative estimate of drug-likeness (QED) is 0.766. The van der Waals surface area contributed by atoms with Gasteiger partial charge in [0.25, 0.3) is 0 Å². The van der Waals surface area contributed by atoms with Crippen LogP contribution in [0.15, 0.2) is 0 Å². The molecule has 0 radical (unpaired) electrons. The molecule has 3 nitrogen and oxygen atoms in total. The third-order valence-electron chi connectivity index (χ3n) is 2.64. The summed E-state index contributed by atoms with van der Waals surface area (Å²) in [5.41, 5.74) is 3.92. The molecular formula is C12H22N2O. The van der Waals surface area contributed by atoms with E-state index in [0.717, 1.165) is 12.2 Å². The van der Waals surface area contributed by atoms with Crippen molar-refractivity contribution in [2.75, 3.05) is 13.7 Å². The minimum Gasteiger partial charge on any atom is -0.383 e. The molecular weight excluding hydrogens is 188 g/mol. The highest BCUT2D eigenvalue weighted by atomic mass is 16.5. The second-order valence-electron chi connectivity index (χ2n) is 5.01. The smallest absolute Gasteiger partial charge is 0.0658 e. The molecule has 0 aliphatic rings. The van der Waals surface area contributed by atoms with E-state index in [1.165, 1.54) is 11.3 Å². The van der Waals surface area contributed by atoms with Crippen LogP contribution in [0.25, 0.3) is 0 Å². The molecule has 0 bridgehead atoms. The molecule has 0 aromatic carbocycles. The van der Waals surface area contributed by atoms with Gasteiger partial charge in [0.1, 0.15) is 0 Å². The molecule has 0 aliphatic carbocycles. The van der Waals surface area contributed by atoms with E-state index in [0.29, 0.717) is 6.61 Å². The van der Waals surface area contributed by atoms with Crippen molar-refractivity contribution in [2.45, 2.75) is 46.6 Å². The van der Waals surface area contributed by atoms with E-state index in [4.69, 9.17) is 4.74 Å². The van der Waals surface area contributed by atoms with E-state index < -0.39 is 0 Å². The first-order valence-electron chi connectivity index (χ1n) is 5.41. The van der Waals surface area contributed by atoms with Gasteiger partial charge in [0, 0.05) is 18.4 Å². The minimum absolute atomic E-state index is 0.166. The lowest BCUT2D eigenvalue weighted by Gasteiger charge is -2.19. The first-order valence-corrected chi connectivity index (χ1v) is 5.41. The monoisotopic (exact) mass is 210 g/mol. The van der Waals surface area contributed by atoms with Crippen LogP contribution in [0.3, 0.4) is 0 Å². The highest BCUT2D eigenvalue weighted by Crippen LogP contribution is 2.28. The van der Waals surface area contributed by atoms with Gasteiger partial charge in [-0.1, -0.05) is 20.8 Å². The molecule has 15 heavy (non-hydrogen) atoms. The van der Waals surface area contributed by atoms with Crippen molar-refractivity contribution < 1.29 is 4.74 Å². The lowest BCUT2D eigenvalue weighted by Crippen LogP contribution is -2.14. The van der Waals surface area contributed by atoms with Gasteiger partial charge in [-0.05, 0) is 19.3 Å². The largest absolute Gasteiger partial charge is 0.383 e. The van der Waals surface area contributed by atoms with Crippen molar-refractivity contribution in [3.63, 3.8) is 0 Å². The fraction of sp³-hybridized carbons (Fsp3) is 0.750. The van der Waals surface area contributed by atoms with E-state index >= 15 is 0 Å². The highest BCUT2D eigenvalue weighted by Gasteiger charge is 2.23. The molecule has 1 aromatic rings. The molecule has 1 aromatic heterocycles. The molecule has 0 unspecified atom stereocenters. The molecule has 0 saturated heterocycles. The van der Waals surface area contributed by atoms with Crippen molar-refractivity contribution in [1.29, 1.82) is 0 Å². The molecule has 0 fully saturated rings. The molecule has 1 rings (SSSR count). The van der Waals surface area contributed by atoms with Gasteiger partial charge in [-0.15, -0.1) is 0 Å². The Morgan fingerprint density at radius 2 is 1.87 bits per heavy atom. The number of nitrogens with zero attached hydrogens (tertiary/aromatic N) is 2. The Labute approximate surface area is 92.4 Å². The van der Waals surface area contributed by atoms with Crippen LogP contribution in [0, 0.1) is 13.8 Å². The zero-order chi connectivity index (χ0) is 11.6. The molecule has 0 spiro atoms. The van der Waals surface area contributed by atoms with Crippen LogP contribution >= 0.6 is 0 Å². The fourth-order valence-electron chi connectivity index (χ4n) is 2.18. The van der Waals surface area contributed by atoms with Gasteiger partial charge in [-0.2, -0.15) is 5.10 Å². The fourth-order valence-corrected chi connectivity index (χ4v) is 2.18. The van der Waals surface area contributed by atoms with Gasteiger partial charge < -0.3 is 4.74 Å². The second-order valence-corrected chi connectivity index (χ2v) is 5.01. The maximum atomic E-state index is 5.07.